The quantitative estimate of drug-likeness (QED) is 0.637. The molecule has 164 valence electrons. The van der Waals surface area contributed by atoms with E-state index in [1.165, 1.54) is 29.0 Å². The number of hydrogen-bond acceptors (Lipinski definition) is 5. The summed E-state index contributed by atoms with van der Waals surface area (Å²) in [5.41, 5.74) is 0.902. The number of piperidine rings is 1. The highest BCUT2D eigenvalue weighted by molar-refractivity contribution is 7.89. The van der Waals surface area contributed by atoms with Gasteiger partial charge in [-0.1, -0.05) is 0 Å². The Labute approximate surface area is 180 Å². The number of fused-ring (bicyclic) bond motifs is 2. The molecule has 1 fully saturated rings. The maximum absolute atomic E-state index is 13.5. The van der Waals surface area contributed by atoms with Crippen LogP contribution in [0.4, 0.5) is 10.1 Å². The lowest BCUT2D eigenvalue weighted by Crippen LogP contribution is -2.53. The van der Waals surface area contributed by atoms with Gasteiger partial charge in [-0.15, -0.1) is 12.4 Å². The first-order chi connectivity index (χ1) is 13.8. The van der Waals surface area contributed by atoms with Gasteiger partial charge >= 0.3 is 0 Å². The molecule has 30 heavy (non-hydrogen) atoms. The summed E-state index contributed by atoms with van der Waals surface area (Å²) < 4.78 is 49.4. The molecule has 1 aromatic carbocycles. The van der Waals surface area contributed by atoms with Gasteiger partial charge in [-0.25, -0.2) is 17.5 Å². The van der Waals surface area contributed by atoms with Crippen LogP contribution < -0.4 is 20.1 Å². The molecule has 2 atom stereocenters. The number of nitrogens with one attached hydrogen (secondary N) is 3. The van der Waals surface area contributed by atoms with Crippen LogP contribution in [0.1, 0.15) is 22.5 Å². The minimum Gasteiger partial charge on any atom is -0.489 e. The molecule has 1 saturated heterocycles. The van der Waals surface area contributed by atoms with E-state index in [-0.39, 0.29) is 46.5 Å². The van der Waals surface area contributed by atoms with E-state index in [2.05, 4.69) is 15.4 Å². The van der Waals surface area contributed by atoms with Crippen molar-refractivity contribution in [1.29, 1.82) is 0 Å². The third kappa shape index (κ3) is 4.18. The van der Waals surface area contributed by atoms with Crippen molar-refractivity contribution in [2.24, 2.45) is 13.0 Å². The fraction of sp³-hybridized carbons (Fsp3) is 0.421. The Balaban J connectivity index is 0.00000256. The molecule has 11 heteroatoms. The number of aromatic nitrogens is 1. The topological polar surface area (TPSA) is 101 Å². The van der Waals surface area contributed by atoms with E-state index in [9.17, 15) is 17.6 Å². The molecule has 1 aromatic heterocycles. The molecule has 0 unspecified atom stereocenters. The number of sulfonamides is 1. The number of carbonyl (C=O) groups excluding carboxylic acids is 1. The second-order valence-electron chi connectivity index (χ2n) is 7.49. The summed E-state index contributed by atoms with van der Waals surface area (Å²) in [6, 6.07) is 3.97. The average molecular weight is 459 g/mol. The van der Waals surface area contributed by atoms with Crippen LogP contribution in [-0.4, -0.2) is 44.6 Å². The fourth-order valence-electron chi connectivity index (χ4n) is 3.79. The first-order valence-electron chi connectivity index (χ1n) is 9.39. The predicted molar refractivity (Wildman–Crippen MR) is 112 cm³/mol. The molecule has 1 amide bonds. The summed E-state index contributed by atoms with van der Waals surface area (Å²) in [6.07, 6.45) is 2.14. The number of benzene rings is 1. The first-order valence-corrected chi connectivity index (χ1v) is 10.9. The van der Waals surface area contributed by atoms with E-state index in [0.29, 0.717) is 24.4 Å². The number of ether oxygens (including phenoxy) is 1. The van der Waals surface area contributed by atoms with Crippen molar-refractivity contribution < 1.29 is 22.3 Å². The van der Waals surface area contributed by atoms with Crippen molar-refractivity contribution in [3.05, 3.63) is 41.5 Å². The number of carbonyl (C=O) groups is 1. The van der Waals surface area contributed by atoms with Gasteiger partial charge in [-0.05, 0) is 43.7 Å². The fourth-order valence-corrected chi connectivity index (χ4v) is 5.28. The second-order valence-corrected chi connectivity index (χ2v) is 9.17. The van der Waals surface area contributed by atoms with Crippen LogP contribution >= 0.6 is 12.4 Å². The lowest BCUT2D eigenvalue weighted by molar-refractivity contribution is 0.101. The molecule has 4 rings (SSSR count). The largest absolute Gasteiger partial charge is 0.489 e. The Kier molecular flexibility index (Phi) is 6.42. The number of hydrogen-bond donors (Lipinski definition) is 3. The lowest BCUT2D eigenvalue weighted by Gasteiger charge is -2.34. The van der Waals surface area contributed by atoms with Crippen LogP contribution in [0, 0.1) is 18.7 Å². The van der Waals surface area contributed by atoms with Crippen LogP contribution in [0.3, 0.4) is 0 Å². The summed E-state index contributed by atoms with van der Waals surface area (Å²) in [4.78, 5) is 12.9. The molecule has 0 saturated carbocycles. The molecule has 0 aliphatic carbocycles. The van der Waals surface area contributed by atoms with E-state index in [1.54, 1.807) is 14.0 Å². The maximum atomic E-state index is 13.5. The standard InChI is InChI=1S/C19H23FN4O4S.ClH/c1-11-7-13(3-4-14(11)20)22-19(25)17-18-16(9-24(17)2)29(26,27)23-15-8-21-6-5-12(15)10-28-18;/h3-4,7,9,12,15,21,23H,5-6,8,10H2,1-2H3,(H,22,25);1H/t12-,15+;/m1./s1. The molecule has 2 aromatic rings. The summed E-state index contributed by atoms with van der Waals surface area (Å²) >= 11 is 0. The Hall–Kier alpha value is -2.14. The minimum absolute atomic E-state index is 0. The van der Waals surface area contributed by atoms with Crippen molar-refractivity contribution in [2.45, 2.75) is 24.3 Å². The smallest absolute Gasteiger partial charge is 0.276 e. The molecule has 0 spiro atoms. The highest BCUT2D eigenvalue weighted by atomic mass is 35.5. The van der Waals surface area contributed by atoms with Crippen LogP contribution in [0.15, 0.2) is 29.3 Å². The summed E-state index contributed by atoms with van der Waals surface area (Å²) in [6.45, 7) is 3.22. The minimum atomic E-state index is -3.86. The second kappa shape index (κ2) is 8.54. The van der Waals surface area contributed by atoms with Crippen LogP contribution in [0.25, 0.3) is 0 Å². The number of nitrogens with zero attached hydrogens (tertiary/aromatic N) is 1. The Morgan fingerprint density at radius 1 is 1.37 bits per heavy atom. The molecule has 2 aliphatic rings. The van der Waals surface area contributed by atoms with E-state index < -0.39 is 15.9 Å². The maximum Gasteiger partial charge on any atom is 0.276 e. The molecule has 0 radical (unpaired) electrons. The predicted octanol–water partition coefficient (Wildman–Crippen LogP) is 1.80. The first kappa shape index (κ1) is 22.5. The molecule has 3 heterocycles. The summed E-state index contributed by atoms with van der Waals surface area (Å²) in [5.74, 6) is -0.857. The third-order valence-electron chi connectivity index (χ3n) is 5.40. The Morgan fingerprint density at radius 3 is 2.87 bits per heavy atom. The van der Waals surface area contributed by atoms with Gasteiger partial charge in [-0.3, -0.25) is 4.79 Å². The zero-order chi connectivity index (χ0) is 20.8. The molecule has 0 bridgehead atoms. The van der Waals surface area contributed by atoms with Gasteiger partial charge in [0, 0.05) is 37.4 Å². The average Bonchev–Trinajstić information content (AvgIpc) is 3.00. The highest BCUT2D eigenvalue weighted by Gasteiger charge is 2.37. The summed E-state index contributed by atoms with van der Waals surface area (Å²) in [5, 5.41) is 5.88. The molecule has 3 N–H and O–H groups in total. The number of anilines is 1. The van der Waals surface area contributed by atoms with Gasteiger partial charge in [0.2, 0.25) is 10.0 Å². The van der Waals surface area contributed by atoms with E-state index in [1.807, 2.05) is 0 Å². The van der Waals surface area contributed by atoms with Crippen molar-refractivity contribution in [2.75, 3.05) is 25.0 Å². The number of amides is 1. The molecule has 2 aliphatic heterocycles. The van der Waals surface area contributed by atoms with Crippen molar-refractivity contribution >= 4 is 34.0 Å². The Morgan fingerprint density at radius 2 is 2.13 bits per heavy atom. The zero-order valence-corrected chi connectivity index (χ0v) is 18.2. The van der Waals surface area contributed by atoms with Crippen molar-refractivity contribution in [3.63, 3.8) is 0 Å². The van der Waals surface area contributed by atoms with Crippen LogP contribution in [-0.2, 0) is 17.1 Å². The number of halogens is 2. The van der Waals surface area contributed by atoms with Gasteiger partial charge in [0.15, 0.2) is 11.4 Å². The lowest BCUT2D eigenvalue weighted by atomic mass is 9.94. The van der Waals surface area contributed by atoms with E-state index in [0.717, 1.165) is 13.0 Å². The zero-order valence-electron chi connectivity index (χ0n) is 16.6. The summed E-state index contributed by atoms with van der Waals surface area (Å²) in [7, 11) is -2.27. The van der Waals surface area contributed by atoms with E-state index >= 15 is 0 Å². The van der Waals surface area contributed by atoms with Gasteiger partial charge in [0.05, 0.1) is 6.61 Å². The van der Waals surface area contributed by atoms with E-state index in [4.69, 9.17) is 4.74 Å². The van der Waals surface area contributed by atoms with Gasteiger partial charge < -0.3 is 19.9 Å². The molecule has 8 nitrogen and oxygen atoms in total. The number of rotatable bonds is 2. The van der Waals surface area contributed by atoms with Gasteiger partial charge in [0.1, 0.15) is 10.7 Å². The monoisotopic (exact) mass is 458 g/mol. The van der Waals surface area contributed by atoms with Gasteiger partial charge in [-0.2, -0.15) is 0 Å². The highest BCUT2D eigenvalue weighted by Crippen LogP contribution is 2.34. The Bertz CT molecular complexity index is 1070. The molecular weight excluding hydrogens is 435 g/mol. The number of aryl methyl sites for hydroxylation is 2. The molecular formula is C19H24ClFN4O4S. The van der Waals surface area contributed by atoms with Crippen molar-refractivity contribution in [3.8, 4) is 5.75 Å². The van der Waals surface area contributed by atoms with Crippen LogP contribution in [0.5, 0.6) is 5.75 Å². The third-order valence-corrected chi connectivity index (χ3v) is 6.88. The van der Waals surface area contributed by atoms with Gasteiger partial charge in [0.25, 0.3) is 5.91 Å². The normalized spacial score (nSPS) is 22.4. The van der Waals surface area contributed by atoms with Crippen LogP contribution in [0.2, 0.25) is 0 Å². The SMILES string of the molecule is Cc1cc(NC(=O)c2c3c(cn2C)S(=O)(=O)N[C@H]2CNCC[C@@H]2CO3)ccc1F.Cl. The van der Waals surface area contributed by atoms with Crippen molar-refractivity contribution in [1.82, 2.24) is 14.6 Å².